The van der Waals surface area contributed by atoms with Crippen molar-refractivity contribution < 1.29 is 19.4 Å². The third kappa shape index (κ3) is 2.90. The molecule has 1 saturated heterocycles. The van der Waals surface area contributed by atoms with Crippen molar-refractivity contribution in [1.82, 2.24) is 0 Å². The summed E-state index contributed by atoms with van der Waals surface area (Å²) in [6.07, 6.45) is 5.49. The number of carbonyl (C=O) groups is 2. The molecular weight excluding hydrogens is 268 g/mol. The van der Waals surface area contributed by atoms with Gasteiger partial charge >= 0.3 is 5.97 Å². The van der Waals surface area contributed by atoms with Crippen molar-refractivity contribution in [1.29, 1.82) is 0 Å². The van der Waals surface area contributed by atoms with E-state index in [2.05, 4.69) is 6.08 Å². The van der Waals surface area contributed by atoms with Crippen LogP contribution in [0.2, 0.25) is 0 Å². The predicted molar refractivity (Wildman–Crippen MR) is 77.7 cm³/mol. The number of allylic oxidation sites excluding steroid dienone is 2. The first-order chi connectivity index (χ1) is 10.1. The number of ketones is 1. The lowest BCUT2D eigenvalue weighted by atomic mass is 9.83. The number of benzene rings is 1. The molecule has 0 spiro atoms. The van der Waals surface area contributed by atoms with Crippen LogP contribution in [0.3, 0.4) is 0 Å². The van der Waals surface area contributed by atoms with Gasteiger partial charge in [-0.15, -0.1) is 0 Å². The summed E-state index contributed by atoms with van der Waals surface area (Å²) in [4.78, 5) is 23.5. The number of ether oxygens (including phenoxy) is 1. The summed E-state index contributed by atoms with van der Waals surface area (Å²) in [6, 6.07) is 4.79. The molecule has 0 radical (unpaired) electrons. The van der Waals surface area contributed by atoms with Crippen LogP contribution in [0.5, 0.6) is 0 Å². The van der Waals surface area contributed by atoms with Crippen molar-refractivity contribution in [2.45, 2.75) is 25.7 Å². The van der Waals surface area contributed by atoms with Gasteiger partial charge in [0.2, 0.25) is 0 Å². The molecule has 21 heavy (non-hydrogen) atoms. The molecule has 1 N–H and O–H groups in total. The molecule has 110 valence electrons. The number of hydrogen-bond acceptors (Lipinski definition) is 3. The van der Waals surface area contributed by atoms with E-state index in [1.165, 1.54) is 6.07 Å². The van der Waals surface area contributed by atoms with E-state index in [9.17, 15) is 9.59 Å². The maximum absolute atomic E-state index is 12.5. The number of fused-ring (bicyclic) bond motifs is 1. The molecule has 0 aromatic heterocycles. The molecule has 0 atom stereocenters. The average molecular weight is 286 g/mol. The predicted octanol–water partition coefficient (Wildman–Crippen LogP) is 2.87. The van der Waals surface area contributed by atoms with Gasteiger partial charge in [-0.25, -0.2) is 4.79 Å². The van der Waals surface area contributed by atoms with E-state index >= 15 is 0 Å². The van der Waals surface area contributed by atoms with Crippen LogP contribution in [0.4, 0.5) is 0 Å². The van der Waals surface area contributed by atoms with Crippen LogP contribution in [0.25, 0.3) is 0 Å². The minimum Gasteiger partial charge on any atom is -0.478 e. The fourth-order valence-electron chi connectivity index (χ4n) is 3.04. The van der Waals surface area contributed by atoms with Gasteiger partial charge in [0, 0.05) is 18.8 Å². The summed E-state index contributed by atoms with van der Waals surface area (Å²) in [5.74, 6) is -0.467. The Balaban J connectivity index is 1.85. The van der Waals surface area contributed by atoms with E-state index in [1.54, 1.807) is 12.1 Å². The number of rotatable bonds is 2. The zero-order chi connectivity index (χ0) is 14.8. The standard InChI is InChI=1S/C17H18O4/c18-16-13(9-11-5-7-21-8-6-11)2-1-12-10-14(17(19)20)3-4-15(12)16/h3-4,9-11H,1-2,5-8H2,(H,19,20). The SMILES string of the molecule is O=C(O)c1ccc2c(c1)CCC(=CC1CCOCC1)C2=O. The molecule has 0 bridgehead atoms. The molecule has 2 aliphatic rings. The van der Waals surface area contributed by atoms with Gasteiger partial charge in [0.05, 0.1) is 5.56 Å². The average Bonchev–Trinajstić information content (AvgIpc) is 2.51. The van der Waals surface area contributed by atoms with E-state index in [-0.39, 0.29) is 11.3 Å². The Morgan fingerprint density at radius 2 is 2.00 bits per heavy atom. The fourth-order valence-corrected chi connectivity index (χ4v) is 3.04. The first-order valence-corrected chi connectivity index (χ1v) is 7.34. The van der Waals surface area contributed by atoms with E-state index in [0.717, 1.165) is 43.6 Å². The van der Waals surface area contributed by atoms with E-state index in [4.69, 9.17) is 9.84 Å². The molecule has 1 aliphatic carbocycles. The zero-order valence-electron chi connectivity index (χ0n) is 11.8. The van der Waals surface area contributed by atoms with E-state index in [0.29, 0.717) is 17.9 Å². The lowest BCUT2D eigenvalue weighted by Gasteiger charge is -2.22. The molecule has 1 aromatic carbocycles. The highest BCUT2D eigenvalue weighted by Crippen LogP contribution is 2.28. The minimum absolute atomic E-state index is 0.0553. The molecule has 1 aliphatic heterocycles. The molecule has 4 nitrogen and oxygen atoms in total. The minimum atomic E-state index is -0.950. The smallest absolute Gasteiger partial charge is 0.335 e. The third-order valence-corrected chi connectivity index (χ3v) is 4.25. The molecule has 1 aromatic rings. The van der Waals surface area contributed by atoms with Gasteiger partial charge in [-0.1, -0.05) is 6.08 Å². The molecular formula is C17H18O4. The Labute approximate surface area is 123 Å². The largest absolute Gasteiger partial charge is 0.478 e. The number of aryl methyl sites for hydroxylation is 1. The highest BCUT2D eigenvalue weighted by atomic mass is 16.5. The highest BCUT2D eigenvalue weighted by molar-refractivity contribution is 6.11. The van der Waals surface area contributed by atoms with Crippen molar-refractivity contribution in [2.75, 3.05) is 13.2 Å². The van der Waals surface area contributed by atoms with Gasteiger partial charge in [-0.3, -0.25) is 4.79 Å². The molecule has 0 saturated carbocycles. The monoisotopic (exact) mass is 286 g/mol. The summed E-state index contributed by atoms with van der Waals surface area (Å²) in [6.45, 7) is 1.53. The van der Waals surface area contributed by atoms with Crippen LogP contribution in [-0.4, -0.2) is 30.1 Å². The molecule has 1 heterocycles. The topological polar surface area (TPSA) is 63.6 Å². The number of Topliss-reactive ketones (excluding diaryl/α,β-unsaturated/α-hetero) is 1. The van der Waals surface area contributed by atoms with Crippen LogP contribution in [0, 0.1) is 5.92 Å². The Morgan fingerprint density at radius 1 is 1.24 bits per heavy atom. The summed E-state index contributed by atoms with van der Waals surface area (Å²) < 4.78 is 5.34. The maximum Gasteiger partial charge on any atom is 0.335 e. The van der Waals surface area contributed by atoms with Crippen molar-refractivity contribution in [3.8, 4) is 0 Å². The Kier molecular flexibility index (Phi) is 3.88. The van der Waals surface area contributed by atoms with Crippen LogP contribution in [0.15, 0.2) is 29.8 Å². The summed E-state index contributed by atoms with van der Waals surface area (Å²) in [5.41, 5.74) is 2.63. The number of hydrogen-bond donors (Lipinski definition) is 1. The highest BCUT2D eigenvalue weighted by Gasteiger charge is 2.24. The third-order valence-electron chi connectivity index (χ3n) is 4.25. The van der Waals surface area contributed by atoms with Gasteiger partial charge in [-0.05, 0) is 60.9 Å². The van der Waals surface area contributed by atoms with Gasteiger partial charge in [0.1, 0.15) is 0 Å². The molecule has 0 amide bonds. The van der Waals surface area contributed by atoms with Crippen LogP contribution >= 0.6 is 0 Å². The second-order valence-electron chi connectivity index (χ2n) is 5.65. The Hall–Kier alpha value is -1.94. The van der Waals surface area contributed by atoms with E-state index in [1.807, 2.05) is 0 Å². The first-order valence-electron chi connectivity index (χ1n) is 7.34. The first kappa shape index (κ1) is 14.0. The molecule has 0 unspecified atom stereocenters. The maximum atomic E-state index is 12.5. The zero-order valence-corrected chi connectivity index (χ0v) is 11.8. The van der Waals surface area contributed by atoms with Gasteiger partial charge in [0.15, 0.2) is 5.78 Å². The Bertz CT molecular complexity index is 609. The number of carboxylic acids is 1. The number of carboxylic acid groups (broad SMARTS) is 1. The quantitative estimate of drug-likeness (QED) is 0.849. The summed E-state index contributed by atoms with van der Waals surface area (Å²) in [7, 11) is 0. The Morgan fingerprint density at radius 3 is 2.71 bits per heavy atom. The lowest BCUT2D eigenvalue weighted by Crippen LogP contribution is -2.19. The van der Waals surface area contributed by atoms with Crippen LogP contribution in [0.1, 0.15) is 45.5 Å². The lowest BCUT2D eigenvalue weighted by molar-refractivity contribution is 0.0696. The van der Waals surface area contributed by atoms with Crippen molar-refractivity contribution in [3.05, 3.63) is 46.5 Å². The second-order valence-corrected chi connectivity index (χ2v) is 5.65. The molecule has 4 heteroatoms. The van der Waals surface area contributed by atoms with Gasteiger partial charge in [0.25, 0.3) is 0 Å². The molecule has 3 rings (SSSR count). The number of carbonyl (C=O) groups excluding carboxylic acids is 1. The normalized spacial score (nSPS) is 21.3. The van der Waals surface area contributed by atoms with Crippen molar-refractivity contribution in [2.24, 2.45) is 5.92 Å². The van der Waals surface area contributed by atoms with Crippen LogP contribution in [-0.2, 0) is 11.2 Å². The fraction of sp³-hybridized carbons (Fsp3) is 0.412. The molecule has 1 fully saturated rings. The van der Waals surface area contributed by atoms with Crippen LogP contribution < -0.4 is 0 Å². The van der Waals surface area contributed by atoms with E-state index < -0.39 is 5.97 Å². The second kappa shape index (κ2) is 5.82. The summed E-state index contributed by atoms with van der Waals surface area (Å²) >= 11 is 0. The van der Waals surface area contributed by atoms with Crippen molar-refractivity contribution in [3.63, 3.8) is 0 Å². The number of aromatic carboxylic acids is 1. The van der Waals surface area contributed by atoms with Gasteiger partial charge < -0.3 is 9.84 Å². The van der Waals surface area contributed by atoms with Gasteiger partial charge in [-0.2, -0.15) is 0 Å². The van der Waals surface area contributed by atoms with Crippen molar-refractivity contribution >= 4 is 11.8 Å². The summed E-state index contributed by atoms with van der Waals surface area (Å²) in [5, 5.41) is 9.01.